The van der Waals surface area contributed by atoms with E-state index in [-0.39, 0.29) is 5.92 Å². The first-order chi connectivity index (χ1) is 18.7. The van der Waals surface area contributed by atoms with Gasteiger partial charge in [-0.1, -0.05) is 72.8 Å². The summed E-state index contributed by atoms with van der Waals surface area (Å²) in [5.41, 5.74) is 7.66. The van der Waals surface area contributed by atoms with Gasteiger partial charge in [0.15, 0.2) is 0 Å². The van der Waals surface area contributed by atoms with Gasteiger partial charge in [-0.3, -0.25) is 9.69 Å². The van der Waals surface area contributed by atoms with Gasteiger partial charge in [-0.15, -0.1) is 0 Å². The van der Waals surface area contributed by atoms with Crippen molar-refractivity contribution < 1.29 is 4.79 Å². The standard InChI is InChI=1S/C34H33N3O/c38-34(36-21-18-27-10-4-6-12-31(27)36)28-16-19-35(20-17-28)23-26-14-15-33-30(22-26)29-11-5-7-13-32(29)37(33)24-25-8-2-1-3-9-25/h1-15,22,28H,16-21,23-24H2. The Labute approximate surface area is 224 Å². The molecule has 0 bridgehead atoms. The average Bonchev–Trinajstić information content (AvgIpc) is 3.53. The molecule has 0 atom stereocenters. The molecule has 4 aromatic carbocycles. The van der Waals surface area contributed by atoms with Gasteiger partial charge in [-0.2, -0.15) is 0 Å². The van der Waals surface area contributed by atoms with Crippen LogP contribution in [0.4, 0.5) is 5.69 Å². The molecule has 0 N–H and O–H groups in total. The van der Waals surface area contributed by atoms with E-state index in [1.807, 2.05) is 11.0 Å². The molecule has 190 valence electrons. The molecule has 1 amide bonds. The van der Waals surface area contributed by atoms with Gasteiger partial charge in [0.05, 0.1) is 0 Å². The van der Waals surface area contributed by atoms with Crippen LogP contribution in [0.1, 0.15) is 29.5 Å². The van der Waals surface area contributed by atoms with Crippen LogP contribution in [0.25, 0.3) is 21.8 Å². The van der Waals surface area contributed by atoms with Crippen molar-refractivity contribution >= 4 is 33.4 Å². The Morgan fingerprint density at radius 2 is 1.42 bits per heavy atom. The molecule has 0 spiro atoms. The molecule has 38 heavy (non-hydrogen) atoms. The van der Waals surface area contributed by atoms with Gasteiger partial charge in [0, 0.05) is 53.0 Å². The largest absolute Gasteiger partial charge is 0.336 e. The van der Waals surface area contributed by atoms with Gasteiger partial charge in [0.1, 0.15) is 0 Å². The molecular formula is C34H33N3O. The maximum Gasteiger partial charge on any atom is 0.230 e. The zero-order valence-electron chi connectivity index (χ0n) is 21.7. The molecular weight excluding hydrogens is 466 g/mol. The van der Waals surface area contributed by atoms with E-state index in [0.29, 0.717) is 5.91 Å². The van der Waals surface area contributed by atoms with Crippen molar-refractivity contribution in [3.8, 4) is 0 Å². The maximum absolute atomic E-state index is 13.3. The van der Waals surface area contributed by atoms with Gasteiger partial charge >= 0.3 is 0 Å². The monoisotopic (exact) mass is 499 g/mol. The van der Waals surface area contributed by atoms with E-state index in [0.717, 1.165) is 57.7 Å². The van der Waals surface area contributed by atoms with Crippen molar-refractivity contribution in [1.29, 1.82) is 0 Å². The van der Waals surface area contributed by atoms with Crippen molar-refractivity contribution in [3.05, 3.63) is 114 Å². The lowest BCUT2D eigenvalue weighted by Gasteiger charge is -2.33. The Bertz CT molecular complexity index is 1610. The second kappa shape index (κ2) is 9.77. The first kappa shape index (κ1) is 23.2. The summed E-state index contributed by atoms with van der Waals surface area (Å²) < 4.78 is 2.44. The maximum atomic E-state index is 13.3. The molecule has 2 aliphatic heterocycles. The zero-order valence-corrected chi connectivity index (χ0v) is 21.7. The van der Waals surface area contributed by atoms with Gasteiger partial charge < -0.3 is 9.47 Å². The van der Waals surface area contributed by atoms with Gasteiger partial charge in [0.2, 0.25) is 5.91 Å². The summed E-state index contributed by atoms with van der Waals surface area (Å²) in [5.74, 6) is 0.457. The highest BCUT2D eigenvalue weighted by Crippen LogP contribution is 2.33. The number of fused-ring (bicyclic) bond motifs is 4. The summed E-state index contributed by atoms with van der Waals surface area (Å²) in [6.07, 6.45) is 2.86. The Hall–Kier alpha value is -3.89. The second-order valence-electron chi connectivity index (χ2n) is 10.9. The number of likely N-dealkylation sites (tertiary alicyclic amines) is 1. The number of para-hydroxylation sites is 2. The number of carbonyl (C=O) groups excluding carboxylic acids is 1. The third kappa shape index (κ3) is 4.19. The molecule has 1 fully saturated rings. The number of aromatic nitrogens is 1. The first-order valence-corrected chi connectivity index (χ1v) is 13.9. The van der Waals surface area contributed by atoms with Crippen LogP contribution in [-0.4, -0.2) is 35.0 Å². The molecule has 4 heteroatoms. The van der Waals surface area contributed by atoms with Crippen molar-refractivity contribution in [2.75, 3.05) is 24.5 Å². The van der Waals surface area contributed by atoms with Crippen LogP contribution < -0.4 is 4.90 Å². The summed E-state index contributed by atoms with van der Waals surface area (Å²) in [4.78, 5) is 17.9. The summed E-state index contributed by atoms with van der Waals surface area (Å²) >= 11 is 0. The van der Waals surface area contributed by atoms with E-state index in [1.54, 1.807) is 0 Å². The predicted octanol–water partition coefficient (Wildman–Crippen LogP) is 6.64. The van der Waals surface area contributed by atoms with Crippen LogP contribution in [0.15, 0.2) is 97.1 Å². The number of carbonyl (C=O) groups is 1. The van der Waals surface area contributed by atoms with Crippen LogP contribution in [0.3, 0.4) is 0 Å². The third-order valence-corrected chi connectivity index (χ3v) is 8.52. The van der Waals surface area contributed by atoms with Crippen molar-refractivity contribution in [2.24, 2.45) is 5.92 Å². The highest BCUT2D eigenvalue weighted by atomic mass is 16.2. The summed E-state index contributed by atoms with van der Waals surface area (Å²) in [7, 11) is 0. The van der Waals surface area contributed by atoms with Crippen LogP contribution >= 0.6 is 0 Å². The topological polar surface area (TPSA) is 28.5 Å². The molecule has 3 heterocycles. The molecule has 0 unspecified atom stereocenters. The minimum atomic E-state index is 0.135. The number of hydrogen-bond donors (Lipinski definition) is 0. The molecule has 0 saturated carbocycles. The quantitative estimate of drug-likeness (QED) is 0.271. The number of piperidine rings is 1. The highest BCUT2D eigenvalue weighted by Gasteiger charge is 2.32. The molecule has 1 aromatic heterocycles. The molecule has 2 aliphatic rings. The van der Waals surface area contributed by atoms with Crippen LogP contribution in [0.2, 0.25) is 0 Å². The van der Waals surface area contributed by atoms with E-state index in [4.69, 9.17) is 0 Å². The smallest absolute Gasteiger partial charge is 0.230 e. The minimum absolute atomic E-state index is 0.135. The lowest BCUT2D eigenvalue weighted by Crippen LogP contribution is -2.41. The van der Waals surface area contributed by atoms with Crippen LogP contribution in [-0.2, 0) is 24.3 Å². The van der Waals surface area contributed by atoms with E-state index < -0.39 is 0 Å². The van der Waals surface area contributed by atoms with E-state index >= 15 is 0 Å². The lowest BCUT2D eigenvalue weighted by molar-refractivity contribution is -0.123. The molecule has 0 aliphatic carbocycles. The van der Waals surface area contributed by atoms with Gasteiger partial charge in [-0.05, 0) is 73.3 Å². The van der Waals surface area contributed by atoms with E-state index in [2.05, 4.69) is 100 Å². The summed E-state index contributed by atoms with van der Waals surface area (Å²) in [6.45, 7) is 4.57. The summed E-state index contributed by atoms with van der Waals surface area (Å²) in [5, 5.41) is 2.64. The Morgan fingerprint density at radius 3 is 2.29 bits per heavy atom. The predicted molar refractivity (Wildman–Crippen MR) is 155 cm³/mol. The average molecular weight is 500 g/mol. The molecule has 7 rings (SSSR count). The molecule has 0 radical (unpaired) electrons. The SMILES string of the molecule is O=C(C1CCN(Cc2ccc3c(c2)c2ccccc2n3Cc2ccccc2)CC1)N1CCc2ccccc21. The normalized spacial score (nSPS) is 16.4. The number of amides is 1. The van der Waals surface area contributed by atoms with Crippen molar-refractivity contribution in [1.82, 2.24) is 9.47 Å². The zero-order chi connectivity index (χ0) is 25.5. The van der Waals surface area contributed by atoms with Gasteiger partial charge in [-0.25, -0.2) is 0 Å². The van der Waals surface area contributed by atoms with Crippen LogP contribution in [0, 0.1) is 5.92 Å². The number of hydrogen-bond acceptors (Lipinski definition) is 2. The number of rotatable bonds is 5. The lowest BCUT2D eigenvalue weighted by atomic mass is 9.94. The number of anilines is 1. The Balaban J connectivity index is 1.07. The Kier molecular flexibility index (Phi) is 5.98. The second-order valence-corrected chi connectivity index (χ2v) is 10.9. The molecule has 5 aromatic rings. The first-order valence-electron chi connectivity index (χ1n) is 13.9. The van der Waals surface area contributed by atoms with Crippen molar-refractivity contribution in [2.45, 2.75) is 32.4 Å². The van der Waals surface area contributed by atoms with Crippen LogP contribution in [0.5, 0.6) is 0 Å². The van der Waals surface area contributed by atoms with E-state index in [9.17, 15) is 4.79 Å². The number of benzene rings is 4. The fourth-order valence-electron chi connectivity index (χ4n) is 6.52. The summed E-state index contributed by atoms with van der Waals surface area (Å²) in [6, 6.07) is 34.8. The molecule has 4 nitrogen and oxygen atoms in total. The van der Waals surface area contributed by atoms with E-state index in [1.165, 1.54) is 38.5 Å². The fourth-order valence-corrected chi connectivity index (χ4v) is 6.52. The van der Waals surface area contributed by atoms with Gasteiger partial charge in [0.25, 0.3) is 0 Å². The highest BCUT2D eigenvalue weighted by molar-refractivity contribution is 6.08. The van der Waals surface area contributed by atoms with Crippen molar-refractivity contribution in [3.63, 3.8) is 0 Å². The fraction of sp³-hybridized carbons (Fsp3) is 0.265. The minimum Gasteiger partial charge on any atom is -0.336 e. The number of nitrogens with zero attached hydrogens (tertiary/aromatic N) is 3. The molecule has 1 saturated heterocycles. The third-order valence-electron chi connectivity index (χ3n) is 8.52. The Morgan fingerprint density at radius 1 is 0.684 bits per heavy atom.